The molecule has 0 aliphatic carbocycles. The lowest BCUT2D eigenvalue weighted by Crippen LogP contribution is -2.42. The first-order valence-corrected chi connectivity index (χ1v) is 9.90. The summed E-state index contributed by atoms with van der Waals surface area (Å²) >= 11 is 0. The molecule has 7 nitrogen and oxygen atoms in total. The Kier molecular flexibility index (Phi) is 5.19. The first-order valence-electron chi connectivity index (χ1n) is 9.90. The van der Waals surface area contributed by atoms with Gasteiger partial charge < -0.3 is 20.4 Å². The van der Waals surface area contributed by atoms with Crippen molar-refractivity contribution in [1.82, 2.24) is 19.9 Å². The minimum Gasteiger partial charge on any atom is -0.387 e. The molecule has 0 amide bonds. The van der Waals surface area contributed by atoms with Crippen molar-refractivity contribution in [3.05, 3.63) is 68.5 Å². The SMILES string of the molecule is CCC(CCc1cccc(=O)[nH]1)N[C@@H]1CCn2c(=O)[nH]c3cccc(c32)[C@H]1O. The molecule has 7 heteroatoms. The van der Waals surface area contributed by atoms with Crippen LogP contribution in [0, 0.1) is 0 Å². The first-order chi connectivity index (χ1) is 13.6. The maximum Gasteiger partial charge on any atom is 0.326 e. The Morgan fingerprint density at radius 3 is 2.82 bits per heavy atom. The van der Waals surface area contributed by atoms with Crippen molar-refractivity contribution in [3.63, 3.8) is 0 Å². The summed E-state index contributed by atoms with van der Waals surface area (Å²) in [6.45, 7) is 2.68. The number of aliphatic hydroxyl groups excluding tert-OH is 1. The smallest absolute Gasteiger partial charge is 0.326 e. The van der Waals surface area contributed by atoms with Crippen LogP contribution in [0.5, 0.6) is 0 Å². The van der Waals surface area contributed by atoms with Crippen molar-refractivity contribution in [2.45, 2.75) is 57.3 Å². The van der Waals surface area contributed by atoms with E-state index in [1.165, 1.54) is 6.07 Å². The summed E-state index contributed by atoms with van der Waals surface area (Å²) in [4.78, 5) is 29.5. The number of para-hydroxylation sites is 1. The molecule has 3 aromatic rings. The summed E-state index contributed by atoms with van der Waals surface area (Å²) in [5, 5.41) is 14.6. The van der Waals surface area contributed by atoms with Gasteiger partial charge in [-0.3, -0.25) is 9.36 Å². The maximum absolute atomic E-state index is 12.3. The maximum atomic E-state index is 12.3. The normalized spacial score (nSPS) is 20.2. The number of nitrogens with one attached hydrogen (secondary N) is 3. The number of benzene rings is 1. The molecular weight excluding hydrogens is 356 g/mol. The van der Waals surface area contributed by atoms with Gasteiger partial charge in [-0.25, -0.2) is 4.79 Å². The minimum absolute atomic E-state index is 0.0852. The number of nitrogens with zero attached hydrogens (tertiary/aromatic N) is 1. The molecule has 0 bridgehead atoms. The topological polar surface area (TPSA) is 103 Å². The summed E-state index contributed by atoms with van der Waals surface area (Å²) < 4.78 is 1.73. The highest BCUT2D eigenvalue weighted by atomic mass is 16.3. The van der Waals surface area contributed by atoms with E-state index in [0.717, 1.165) is 41.6 Å². The van der Waals surface area contributed by atoms with Gasteiger partial charge >= 0.3 is 5.69 Å². The number of aryl methyl sites for hydroxylation is 2. The standard InChI is InChI=1S/C21H26N4O3/c1-2-13(9-10-14-5-3-8-18(26)23-14)22-17-11-12-25-19-15(20(17)27)6-4-7-16(19)24-21(25)28/h3-8,13,17,20,22,27H,2,9-12H2,1H3,(H,23,26)(H,24,28)/t13?,17-,20-/m1/s1. The van der Waals surface area contributed by atoms with E-state index in [9.17, 15) is 14.7 Å². The molecule has 3 heterocycles. The van der Waals surface area contributed by atoms with E-state index in [0.29, 0.717) is 13.0 Å². The number of H-pyrrole nitrogens is 2. The predicted octanol–water partition coefficient (Wildman–Crippen LogP) is 1.82. The Balaban J connectivity index is 1.51. The highest BCUT2D eigenvalue weighted by Crippen LogP contribution is 2.30. The molecule has 1 aliphatic heterocycles. The monoisotopic (exact) mass is 382 g/mol. The third-order valence-corrected chi connectivity index (χ3v) is 5.72. The van der Waals surface area contributed by atoms with Crippen LogP contribution in [0.3, 0.4) is 0 Å². The zero-order valence-corrected chi connectivity index (χ0v) is 15.9. The van der Waals surface area contributed by atoms with E-state index in [1.807, 2.05) is 24.3 Å². The van der Waals surface area contributed by atoms with E-state index in [-0.39, 0.29) is 23.3 Å². The second-order valence-corrected chi connectivity index (χ2v) is 7.52. The van der Waals surface area contributed by atoms with Gasteiger partial charge in [0.1, 0.15) is 0 Å². The minimum atomic E-state index is -0.682. The van der Waals surface area contributed by atoms with E-state index in [4.69, 9.17) is 0 Å². The average Bonchev–Trinajstić information content (AvgIpc) is 2.94. The van der Waals surface area contributed by atoms with Crippen LogP contribution < -0.4 is 16.6 Å². The molecule has 0 fully saturated rings. The van der Waals surface area contributed by atoms with E-state index >= 15 is 0 Å². The van der Waals surface area contributed by atoms with Crippen molar-refractivity contribution in [2.75, 3.05) is 0 Å². The summed E-state index contributed by atoms with van der Waals surface area (Å²) in [5.74, 6) is 0. The molecule has 148 valence electrons. The molecule has 0 saturated carbocycles. The number of pyridine rings is 1. The summed E-state index contributed by atoms with van der Waals surface area (Å²) in [5.41, 5.74) is 3.06. The number of hydrogen-bond donors (Lipinski definition) is 4. The second-order valence-electron chi connectivity index (χ2n) is 7.52. The van der Waals surface area contributed by atoms with Crippen LogP contribution in [-0.4, -0.2) is 31.7 Å². The number of aliphatic hydroxyl groups is 1. The number of rotatable bonds is 6. The molecular formula is C21H26N4O3. The van der Waals surface area contributed by atoms with Gasteiger partial charge in [0.2, 0.25) is 5.56 Å². The fourth-order valence-electron chi connectivity index (χ4n) is 4.19. The van der Waals surface area contributed by atoms with Crippen LogP contribution in [0.2, 0.25) is 0 Å². The van der Waals surface area contributed by atoms with Crippen LogP contribution >= 0.6 is 0 Å². The van der Waals surface area contributed by atoms with Gasteiger partial charge in [0.15, 0.2) is 0 Å². The summed E-state index contributed by atoms with van der Waals surface area (Å²) in [6.07, 6.45) is 2.52. The van der Waals surface area contributed by atoms with Crippen molar-refractivity contribution >= 4 is 11.0 Å². The van der Waals surface area contributed by atoms with Gasteiger partial charge in [0.25, 0.3) is 0 Å². The predicted molar refractivity (Wildman–Crippen MR) is 109 cm³/mol. The van der Waals surface area contributed by atoms with Gasteiger partial charge in [0.05, 0.1) is 17.1 Å². The molecule has 0 saturated heterocycles. The molecule has 1 aromatic carbocycles. The van der Waals surface area contributed by atoms with Crippen molar-refractivity contribution in [3.8, 4) is 0 Å². The molecule has 0 spiro atoms. The van der Waals surface area contributed by atoms with Gasteiger partial charge in [-0.05, 0) is 37.8 Å². The Morgan fingerprint density at radius 1 is 1.21 bits per heavy atom. The van der Waals surface area contributed by atoms with Crippen molar-refractivity contribution in [1.29, 1.82) is 0 Å². The Labute approximate surface area is 162 Å². The molecule has 4 N–H and O–H groups in total. The van der Waals surface area contributed by atoms with Crippen LogP contribution in [0.1, 0.15) is 43.5 Å². The number of hydrogen-bond acceptors (Lipinski definition) is 4. The molecule has 1 unspecified atom stereocenters. The van der Waals surface area contributed by atoms with Gasteiger partial charge in [-0.1, -0.05) is 25.1 Å². The quantitative estimate of drug-likeness (QED) is 0.522. The van der Waals surface area contributed by atoms with E-state index < -0.39 is 6.10 Å². The lowest BCUT2D eigenvalue weighted by atomic mass is 9.97. The number of aromatic nitrogens is 3. The molecule has 2 aromatic heterocycles. The lowest BCUT2D eigenvalue weighted by Gasteiger charge is -2.28. The van der Waals surface area contributed by atoms with Crippen molar-refractivity contribution in [2.24, 2.45) is 0 Å². The van der Waals surface area contributed by atoms with Gasteiger partial charge in [0, 0.05) is 36.0 Å². The van der Waals surface area contributed by atoms with E-state index in [1.54, 1.807) is 10.6 Å². The highest BCUT2D eigenvalue weighted by Gasteiger charge is 2.29. The van der Waals surface area contributed by atoms with Crippen LogP contribution in [-0.2, 0) is 13.0 Å². The Hall–Kier alpha value is -2.64. The molecule has 28 heavy (non-hydrogen) atoms. The van der Waals surface area contributed by atoms with Crippen molar-refractivity contribution < 1.29 is 5.11 Å². The summed E-state index contributed by atoms with van der Waals surface area (Å²) in [7, 11) is 0. The third-order valence-electron chi connectivity index (χ3n) is 5.72. The molecule has 1 aliphatic rings. The lowest BCUT2D eigenvalue weighted by molar-refractivity contribution is 0.117. The Bertz CT molecular complexity index is 1080. The molecule has 3 atom stereocenters. The average molecular weight is 382 g/mol. The zero-order chi connectivity index (χ0) is 19.7. The number of imidazole rings is 1. The summed E-state index contributed by atoms with van der Waals surface area (Å²) in [6, 6.07) is 10.9. The Morgan fingerprint density at radius 2 is 2.04 bits per heavy atom. The van der Waals surface area contributed by atoms with Crippen LogP contribution in [0.4, 0.5) is 0 Å². The second kappa shape index (κ2) is 7.77. The fourth-order valence-corrected chi connectivity index (χ4v) is 4.19. The number of aromatic amines is 2. The van der Waals surface area contributed by atoms with Gasteiger partial charge in [-0.15, -0.1) is 0 Å². The van der Waals surface area contributed by atoms with E-state index in [2.05, 4.69) is 22.2 Å². The zero-order valence-electron chi connectivity index (χ0n) is 15.9. The molecule has 0 radical (unpaired) electrons. The largest absolute Gasteiger partial charge is 0.387 e. The fraction of sp³-hybridized carbons (Fsp3) is 0.429. The van der Waals surface area contributed by atoms with Gasteiger partial charge in [-0.2, -0.15) is 0 Å². The van der Waals surface area contributed by atoms with Crippen LogP contribution in [0.25, 0.3) is 11.0 Å². The first kappa shape index (κ1) is 18.7. The highest BCUT2D eigenvalue weighted by molar-refractivity contribution is 5.79. The molecule has 4 rings (SSSR count). The third kappa shape index (κ3) is 3.55. The van der Waals surface area contributed by atoms with Crippen LogP contribution in [0.15, 0.2) is 46.0 Å².